The average molecular weight is 278 g/mol. The molecule has 1 atom stereocenters. The number of para-hydroxylation sites is 1. The molecule has 0 saturated carbocycles. The molecule has 0 bridgehead atoms. The van der Waals surface area contributed by atoms with Gasteiger partial charge in [0.05, 0.1) is 11.5 Å². The number of hydrogen-bond acceptors (Lipinski definition) is 3. The molecule has 1 aliphatic heterocycles. The predicted molar refractivity (Wildman–Crippen MR) is 76.8 cm³/mol. The quantitative estimate of drug-likeness (QED) is 0.900. The molecule has 1 aromatic heterocycles. The van der Waals surface area contributed by atoms with Gasteiger partial charge in [-0.15, -0.1) is 0 Å². The number of nitrogens with one attached hydrogen (secondary N) is 2. The summed E-state index contributed by atoms with van der Waals surface area (Å²) in [4.78, 5) is 3.23. The topological polar surface area (TPSA) is 62.0 Å². The number of sulfone groups is 1. The van der Waals surface area contributed by atoms with Crippen molar-refractivity contribution in [3.05, 3.63) is 36.0 Å². The molecule has 1 unspecified atom stereocenters. The van der Waals surface area contributed by atoms with Gasteiger partial charge in [0.15, 0.2) is 9.84 Å². The third-order valence-corrected chi connectivity index (χ3v) is 5.54. The molecule has 0 spiro atoms. The van der Waals surface area contributed by atoms with E-state index >= 15 is 0 Å². The maximum Gasteiger partial charge on any atom is 0.151 e. The normalized spacial score (nSPS) is 22.6. The standard InChI is InChI=1S/C14H18N2O2S/c17-19(18)8-2-5-13(10-19)16-9-12-4-1-3-11-6-7-15-14(11)12/h1,3-4,6-7,13,15-16H,2,5,8-10H2. The van der Waals surface area contributed by atoms with Gasteiger partial charge in [-0.25, -0.2) is 8.42 Å². The highest BCUT2D eigenvalue weighted by atomic mass is 32.2. The van der Waals surface area contributed by atoms with Crippen molar-refractivity contribution >= 4 is 20.7 Å². The highest BCUT2D eigenvalue weighted by molar-refractivity contribution is 7.91. The van der Waals surface area contributed by atoms with Gasteiger partial charge in [-0.1, -0.05) is 18.2 Å². The first-order valence-electron chi connectivity index (χ1n) is 6.63. The molecule has 102 valence electrons. The van der Waals surface area contributed by atoms with Gasteiger partial charge in [0.25, 0.3) is 0 Å². The molecule has 5 heteroatoms. The van der Waals surface area contributed by atoms with Gasteiger partial charge in [0.2, 0.25) is 0 Å². The molecule has 0 amide bonds. The minimum absolute atomic E-state index is 0.0870. The van der Waals surface area contributed by atoms with Crippen molar-refractivity contribution in [1.82, 2.24) is 10.3 Å². The predicted octanol–water partition coefficient (Wildman–Crippen LogP) is 1.83. The second-order valence-electron chi connectivity index (χ2n) is 5.19. The fourth-order valence-corrected chi connectivity index (χ4v) is 4.41. The van der Waals surface area contributed by atoms with Crippen LogP contribution in [0.4, 0.5) is 0 Å². The van der Waals surface area contributed by atoms with Crippen LogP contribution in [0.3, 0.4) is 0 Å². The van der Waals surface area contributed by atoms with Crippen LogP contribution in [0.15, 0.2) is 30.5 Å². The minimum Gasteiger partial charge on any atom is -0.361 e. The Labute approximate surface area is 113 Å². The van der Waals surface area contributed by atoms with E-state index in [1.54, 1.807) is 0 Å². The van der Waals surface area contributed by atoms with Gasteiger partial charge in [0, 0.05) is 24.3 Å². The van der Waals surface area contributed by atoms with Gasteiger partial charge < -0.3 is 10.3 Å². The number of hydrogen-bond donors (Lipinski definition) is 2. The van der Waals surface area contributed by atoms with E-state index < -0.39 is 9.84 Å². The Balaban J connectivity index is 1.71. The Morgan fingerprint density at radius 3 is 3.05 bits per heavy atom. The number of H-pyrrole nitrogens is 1. The summed E-state index contributed by atoms with van der Waals surface area (Å²) >= 11 is 0. The summed E-state index contributed by atoms with van der Waals surface area (Å²) in [5.74, 6) is 0.616. The first-order chi connectivity index (χ1) is 9.14. The smallest absolute Gasteiger partial charge is 0.151 e. The molecule has 2 heterocycles. The Morgan fingerprint density at radius 1 is 1.32 bits per heavy atom. The van der Waals surface area contributed by atoms with Crippen LogP contribution in [-0.2, 0) is 16.4 Å². The summed E-state index contributed by atoms with van der Waals surface area (Å²) < 4.78 is 23.2. The monoisotopic (exact) mass is 278 g/mol. The van der Waals surface area contributed by atoms with E-state index in [0.717, 1.165) is 18.4 Å². The zero-order chi connectivity index (χ0) is 13.3. The van der Waals surface area contributed by atoms with Crippen LogP contribution in [0.2, 0.25) is 0 Å². The summed E-state index contributed by atoms with van der Waals surface area (Å²) in [6.45, 7) is 0.706. The van der Waals surface area contributed by atoms with Crippen LogP contribution in [0, 0.1) is 0 Å². The molecule has 0 aliphatic carbocycles. The van der Waals surface area contributed by atoms with Crippen LogP contribution in [0.25, 0.3) is 10.9 Å². The summed E-state index contributed by atoms with van der Waals surface area (Å²) in [5.41, 5.74) is 2.32. The number of benzene rings is 1. The second kappa shape index (κ2) is 4.98. The molecule has 1 aromatic carbocycles. The van der Waals surface area contributed by atoms with Gasteiger partial charge in [0.1, 0.15) is 0 Å². The van der Waals surface area contributed by atoms with E-state index in [0.29, 0.717) is 12.3 Å². The molecule has 1 saturated heterocycles. The van der Waals surface area contributed by atoms with Crippen molar-refractivity contribution < 1.29 is 8.42 Å². The number of rotatable bonds is 3. The first kappa shape index (κ1) is 12.7. The van der Waals surface area contributed by atoms with Crippen LogP contribution in [0.5, 0.6) is 0 Å². The Hall–Kier alpha value is -1.33. The summed E-state index contributed by atoms with van der Waals surface area (Å²) in [6.07, 6.45) is 3.64. The molecule has 1 aliphatic rings. The van der Waals surface area contributed by atoms with E-state index in [2.05, 4.69) is 22.4 Å². The molecule has 19 heavy (non-hydrogen) atoms. The maximum absolute atomic E-state index is 11.6. The molecule has 1 fully saturated rings. The van der Waals surface area contributed by atoms with Crippen molar-refractivity contribution in [2.75, 3.05) is 11.5 Å². The van der Waals surface area contributed by atoms with Crippen molar-refractivity contribution in [3.8, 4) is 0 Å². The van der Waals surface area contributed by atoms with E-state index in [4.69, 9.17) is 0 Å². The highest BCUT2D eigenvalue weighted by Crippen LogP contribution is 2.18. The van der Waals surface area contributed by atoms with Gasteiger partial charge in [-0.05, 0) is 29.9 Å². The van der Waals surface area contributed by atoms with Crippen molar-refractivity contribution in [2.45, 2.75) is 25.4 Å². The minimum atomic E-state index is -2.84. The van der Waals surface area contributed by atoms with E-state index in [-0.39, 0.29) is 11.8 Å². The van der Waals surface area contributed by atoms with Gasteiger partial charge >= 0.3 is 0 Å². The molecular formula is C14H18N2O2S. The summed E-state index contributed by atoms with van der Waals surface area (Å²) in [6, 6.07) is 8.31. The summed E-state index contributed by atoms with van der Waals surface area (Å²) in [7, 11) is -2.84. The zero-order valence-corrected chi connectivity index (χ0v) is 11.5. The fraction of sp³-hybridized carbons (Fsp3) is 0.429. The van der Waals surface area contributed by atoms with Gasteiger partial charge in [-0.3, -0.25) is 0 Å². The average Bonchev–Trinajstić information content (AvgIpc) is 2.84. The molecule has 0 radical (unpaired) electrons. The number of fused-ring (bicyclic) bond motifs is 1. The van der Waals surface area contributed by atoms with Crippen LogP contribution in [-0.4, -0.2) is 30.9 Å². The molecule has 3 rings (SSSR count). The number of aromatic nitrogens is 1. The van der Waals surface area contributed by atoms with E-state index in [9.17, 15) is 8.42 Å². The third-order valence-electron chi connectivity index (χ3n) is 3.72. The molecule has 4 nitrogen and oxygen atoms in total. The number of aromatic amines is 1. The fourth-order valence-electron chi connectivity index (χ4n) is 2.74. The van der Waals surface area contributed by atoms with Gasteiger partial charge in [-0.2, -0.15) is 0 Å². The maximum atomic E-state index is 11.6. The summed E-state index contributed by atoms with van der Waals surface area (Å²) in [5, 5.41) is 4.57. The lowest BCUT2D eigenvalue weighted by Gasteiger charge is -2.23. The molecule has 2 N–H and O–H groups in total. The SMILES string of the molecule is O=S1(=O)CCCC(NCc2cccc3cc[nH]c23)C1. The Morgan fingerprint density at radius 2 is 2.21 bits per heavy atom. The van der Waals surface area contributed by atoms with Crippen molar-refractivity contribution in [3.63, 3.8) is 0 Å². The molecule has 2 aromatic rings. The first-order valence-corrected chi connectivity index (χ1v) is 8.45. The third kappa shape index (κ3) is 2.82. The van der Waals surface area contributed by atoms with Crippen LogP contribution >= 0.6 is 0 Å². The van der Waals surface area contributed by atoms with Crippen molar-refractivity contribution in [1.29, 1.82) is 0 Å². The van der Waals surface area contributed by atoms with Crippen molar-refractivity contribution in [2.24, 2.45) is 0 Å². The van der Waals surface area contributed by atoms with E-state index in [1.807, 2.05) is 18.3 Å². The second-order valence-corrected chi connectivity index (χ2v) is 7.42. The Kier molecular flexibility index (Phi) is 3.33. The lowest BCUT2D eigenvalue weighted by atomic mass is 10.1. The van der Waals surface area contributed by atoms with E-state index in [1.165, 1.54) is 10.9 Å². The lowest BCUT2D eigenvalue weighted by molar-refractivity contribution is 0.481. The lowest BCUT2D eigenvalue weighted by Crippen LogP contribution is -2.39. The van der Waals surface area contributed by atoms with Crippen LogP contribution < -0.4 is 5.32 Å². The largest absolute Gasteiger partial charge is 0.361 e. The Bertz CT molecular complexity index is 676. The highest BCUT2D eigenvalue weighted by Gasteiger charge is 2.24. The molecular weight excluding hydrogens is 260 g/mol. The zero-order valence-electron chi connectivity index (χ0n) is 10.7. The van der Waals surface area contributed by atoms with Crippen LogP contribution in [0.1, 0.15) is 18.4 Å².